The molecule has 0 spiro atoms. The van der Waals surface area contributed by atoms with Gasteiger partial charge in [-0.1, -0.05) is 30.3 Å². The third kappa shape index (κ3) is 5.98. The second-order valence-corrected chi connectivity index (χ2v) is 10.0. The number of anilines is 3. The zero-order valence-corrected chi connectivity index (χ0v) is 20.4. The molecule has 0 atom stereocenters. The SMILES string of the molecule is CCS/C(Nc1ccccc1)=C(\C#N)C(=O)Nc1ccc(S(=O)(=O)Nc2onc(C)c2C)cc1. The summed E-state index contributed by atoms with van der Waals surface area (Å²) in [5.74, 6) is 0.0890. The molecule has 0 fully saturated rings. The van der Waals surface area contributed by atoms with Gasteiger partial charge in [-0.15, -0.1) is 11.8 Å². The quantitative estimate of drug-likeness (QED) is 0.287. The van der Waals surface area contributed by atoms with Crippen LogP contribution in [0.15, 0.2) is 74.6 Å². The largest absolute Gasteiger partial charge is 0.349 e. The molecule has 3 aromatic rings. The molecule has 0 radical (unpaired) electrons. The van der Waals surface area contributed by atoms with E-state index in [0.717, 1.165) is 5.69 Å². The standard InChI is InChI=1S/C23H23N5O4S2/c1-4-33-23(26-17-8-6-5-7-9-17)20(14-24)21(29)25-18-10-12-19(13-11-18)34(30,31)28-22-15(2)16(3)27-32-22/h5-13,26,28H,4H2,1-3H3,(H,25,29)/b23-20+. The Morgan fingerprint density at radius 2 is 1.71 bits per heavy atom. The molecule has 0 aliphatic carbocycles. The van der Waals surface area contributed by atoms with Crippen LogP contribution >= 0.6 is 11.8 Å². The highest BCUT2D eigenvalue weighted by atomic mass is 32.2. The number of carbonyl (C=O) groups is 1. The smallest absolute Gasteiger partial charge is 0.269 e. The number of carbonyl (C=O) groups excluding carboxylic acids is 1. The number of aromatic nitrogens is 1. The Balaban J connectivity index is 1.77. The summed E-state index contributed by atoms with van der Waals surface area (Å²) >= 11 is 1.34. The van der Waals surface area contributed by atoms with Gasteiger partial charge >= 0.3 is 0 Å². The summed E-state index contributed by atoms with van der Waals surface area (Å²) in [6.07, 6.45) is 0. The first-order valence-corrected chi connectivity index (χ1v) is 12.7. The van der Waals surface area contributed by atoms with E-state index < -0.39 is 15.9 Å². The summed E-state index contributed by atoms with van der Waals surface area (Å²) in [6.45, 7) is 5.32. The van der Waals surface area contributed by atoms with Crippen LogP contribution < -0.4 is 15.4 Å². The molecule has 2 aromatic carbocycles. The maximum Gasteiger partial charge on any atom is 0.269 e. The molecule has 9 nitrogen and oxygen atoms in total. The summed E-state index contributed by atoms with van der Waals surface area (Å²) < 4.78 is 32.6. The predicted octanol–water partition coefficient (Wildman–Crippen LogP) is 4.63. The maximum absolute atomic E-state index is 12.8. The van der Waals surface area contributed by atoms with Gasteiger partial charge in [0.2, 0.25) is 5.88 Å². The second kappa shape index (κ2) is 10.9. The summed E-state index contributed by atoms with van der Waals surface area (Å²) in [6, 6.07) is 16.8. The van der Waals surface area contributed by atoms with Gasteiger partial charge in [0.15, 0.2) is 0 Å². The van der Waals surface area contributed by atoms with Crippen molar-refractivity contribution in [1.82, 2.24) is 5.16 Å². The van der Waals surface area contributed by atoms with Crippen molar-refractivity contribution in [2.24, 2.45) is 0 Å². The molecule has 3 rings (SSSR count). The molecular weight excluding hydrogens is 474 g/mol. The van der Waals surface area contributed by atoms with Crippen LogP contribution in [0.4, 0.5) is 17.3 Å². The van der Waals surface area contributed by atoms with Crippen LogP contribution in [0, 0.1) is 25.2 Å². The Hall–Kier alpha value is -3.75. The van der Waals surface area contributed by atoms with Crippen molar-refractivity contribution in [3.05, 3.63) is 76.5 Å². The van der Waals surface area contributed by atoms with Gasteiger partial charge in [-0.3, -0.25) is 4.79 Å². The topological polar surface area (TPSA) is 137 Å². The van der Waals surface area contributed by atoms with E-state index in [1.807, 2.05) is 43.3 Å². The lowest BCUT2D eigenvalue weighted by atomic mass is 10.2. The highest BCUT2D eigenvalue weighted by molar-refractivity contribution is 8.03. The van der Waals surface area contributed by atoms with E-state index in [-0.39, 0.29) is 16.4 Å². The van der Waals surface area contributed by atoms with Crippen LogP contribution in [0.3, 0.4) is 0 Å². The molecule has 34 heavy (non-hydrogen) atoms. The Bertz CT molecular complexity index is 1340. The van der Waals surface area contributed by atoms with E-state index in [0.29, 0.717) is 27.7 Å². The molecule has 0 unspecified atom stereocenters. The van der Waals surface area contributed by atoms with E-state index in [1.165, 1.54) is 36.0 Å². The number of thioether (sulfide) groups is 1. The van der Waals surface area contributed by atoms with E-state index in [9.17, 15) is 18.5 Å². The van der Waals surface area contributed by atoms with Crippen LogP contribution in [0.1, 0.15) is 18.2 Å². The predicted molar refractivity (Wildman–Crippen MR) is 133 cm³/mol. The molecule has 176 valence electrons. The third-order valence-electron chi connectivity index (χ3n) is 4.69. The molecule has 3 N–H and O–H groups in total. The van der Waals surface area contributed by atoms with Crippen molar-refractivity contribution >= 4 is 45.0 Å². The highest BCUT2D eigenvalue weighted by Gasteiger charge is 2.20. The number of amides is 1. The van der Waals surface area contributed by atoms with Crippen LogP contribution in [0.2, 0.25) is 0 Å². The van der Waals surface area contributed by atoms with Crippen molar-refractivity contribution in [2.75, 3.05) is 21.1 Å². The number of benzene rings is 2. The van der Waals surface area contributed by atoms with Gasteiger partial charge in [-0.2, -0.15) is 5.26 Å². The Kier molecular flexibility index (Phi) is 7.99. The molecule has 1 aromatic heterocycles. The fourth-order valence-corrected chi connectivity index (χ4v) is 4.58. The molecule has 0 bridgehead atoms. The Morgan fingerprint density at radius 3 is 2.26 bits per heavy atom. The number of sulfonamides is 1. The Labute approximate surface area is 202 Å². The zero-order valence-electron chi connectivity index (χ0n) is 18.7. The molecule has 0 saturated heterocycles. The van der Waals surface area contributed by atoms with Gasteiger partial charge in [0, 0.05) is 16.9 Å². The molecule has 0 aliphatic heterocycles. The van der Waals surface area contributed by atoms with Crippen LogP contribution in [0.25, 0.3) is 0 Å². The number of aryl methyl sites for hydroxylation is 1. The normalized spacial score (nSPS) is 11.8. The first-order valence-electron chi connectivity index (χ1n) is 10.2. The Morgan fingerprint density at radius 1 is 1.06 bits per heavy atom. The monoisotopic (exact) mass is 497 g/mol. The van der Waals surface area contributed by atoms with Crippen molar-refractivity contribution in [3.8, 4) is 6.07 Å². The first kappa shape index (κ1) is 24.9. The minimum absolute atomic E-state index is 0.0250. The van der Waals surface area contributed by atoms with Gasteiger partial charge in [-0.05, 0) is 56.0 Å². The molecule has 0 aliphatic rings. The van der Waals surface area contributed by atoms with Gasteiger partial charge in [-0.25, -0.2) is 13.1 Å². The van der Waals surface area contributed by atoms with Crippen molar-refractivity contribution in [2.45, 2.75) is 25.7 Å². The molecule has 11 heteroatoms. The van der Waals surface area contributed by atoms with Crippen LogP contribution in [0.5, 0.6) is 0 Å². The van der Waals surface area contributed by atoms with Crippen molar-refractivity contribution in [1.29, 1.82) is 5.26 Å². The average molecular weight is 498 g/mol. The maximum atomic E-state index is 12.8. The van der Waals surface area contributed by atoms with Gasteiger partial charge in [0.1, 0.15) is 11.6 Å². The number of rotatable bonds is 9. The van der Waals surface area contributed by atoms with E-state index in [2.05, 4.69) is 20.5 Å². The van der Waals surface area contributed by atoms with Gasteiger partial charge in [0.25, 0.3) is 15.9 Å². The lowest BCUT2D eigenvalue weighted by molar-refractivity contribution is -0.112. The number of nitrogens with one attached hydrogen (secondary N) is 3. The molecule has 1 heterocycles. The summed E-state index contributed by atoms with van der Waals surface area (Å²) in [7, 11) is -3.92. The van der Waals surface area contributed by atoms with E-state index in [1.54, 1.807) is 13.8 Å². The molecule has 0 saturated carbocycles. The number of para-hydroxylation sites is 1. The fourth-order valence-electron chi connectivity index (χ4n) is 2.77. The average Bonchev–Trinajstić information content (AvgIpc) is 3.12. The van der Waals surface area contributed by atoms with Crippen molar-refractivity contribution in [3.63, 3.8) is 0 Å². The summed E-state index contributed by atoms with van der Waals surface area (Å²) in [5.41, 5.74) is 2.18. The number of hydrogen-bond acceptors (Lipinski definition) is 8. The first-order chi connectivity index (χ1) is 16.2. The second-order valence-electron chi connectivity index (χ2n) is 7.05. The minimum atomic E-state index is -3.92. The zero-order chi connectivity index (χ0) is 24.7. The highest BCUT2D eigenvalue weighted by Crippen LogP contribution is 2.25. The summed E-state index contributed by atoms with van der Waals surface area (Å²) in [4.78, 5) is 12.8. The number of nitriles is 1. The van der Waals surface area contributed by atoms with E-state index >= 15 is 0 Å². The van der Waals surface area contributed by atoms with Gasteiger partial charge in [0.05, 0.1) is 15.6 Å². The van der Waals surface area contributed by atoms with Crippen molar-refractivity contribution < 1.29 is 17.7 Å². The van der Waals surface area contributed by atoms with Crippen LogP contribution in [-0.2, 0) is 14.8 Å². The van der Waals surface area contributed by atoms with Crippen LogP contribution in [-0.4, -0.2) is 25.2 Å². The number of hydrogen-bond donors (Lipinski definition) is 3. The summed E-state index contributed by atoms with van der Waals surface area (Å²) in [5, 5.41) is 19.6. The number of nitrogens with zero attached hydrogens (tertiary/aromatic N) is 2. The minimum Gasteiger partial charge on any atom is -0.349 e. The third-order valence-corrected chi connectivity index (χ3v) is 6.92. The molecular formula is C23H23N5O4S2. The van der Waals surface area contributed by atoms with Gasteiger partial charge < -0.3 is 15.2 Å². The lowest BCUT2D eigenvalue weighted by Crippen LogP contribution is -2.17. The molecule has 1 amide bonds. The lowest BCUT2D eigenvalue weighted by Gasteiger charge is -2.13. The van der Waals surface area contributed by atoms with E-state index in [4.69, 9.17) is 4.52 Å². The fraction of sp³-hybridized carbons (Fsp3) is 0.174.